The van der Waals surface area contributed by atoms with Crippen molar-refractivity contribution in [1.29, 1.82) is 0 Å². The minimum Gasteiger partial charge on any atom is -0.489 e. The lowest BCUT2D eigenvalue weighted by molar-refractivity contribution is -0.150. The third-order valence-electron chi connectivity index (χ3n) is 9.39. The van der Waals surface area contributed by atoms with Gasteiger partial charge in [0.25, 0.3) is 0 Å². The number of unbranched alkanes of at least 4 members (excludes halogenated alkanes) is 1. The number of aliphatic hydroxyl groups is 1. The Labute approximate surface area is 333 Å². The fourth-order valence-corrected chi connectivity index (χ4v) is 7.13. The minimum absolute atomic E-state index is 0.153. The van der Waals surface area contributed by atoms with Crippen molar-refractivity contribution in [2.75, 3.05) is 25.0 Å². The van der Waals surface area contributed by atoms with Crippen LogP contribution in [0.15, 0.2) is 121 Å². The Bertz CT molecular complexity index is 1780. The maximum Gasteiger partial charge on any atom is 0.411 e. The van der Waals surface area contributed by atoms with Crippen LogP contribution in [-0.2, 0) is 35.6 Å². The van der Waals surface area contributed by atoms with Crippen LogP contribution in [0.1, 0.15) is 55.9 Å². The molecule has 0 unspecified atom stereocenters. The summed E-state index contributed by atoms with van der Waals surface area (Å²) < 4.78 is 27.1. The van der Waals surface area contributed by atoms with Crippen LogP contribution >= 0.6 is 15.9 Å². The second kappa shape index (κ2) is 20.4. The van der Waals surface area contributed by atoms with E-state index in [1.54, 1.807) is 31.7 Å². The SMILES string of the molecule is CC(C)(C)OC(=O)N1CCN(Cc2ccccc2)C(=O)[C@@H]1[C@@H](O)[C@@H](Cc1cc(F)cc(OCC=CCCCBr)c1)N(Cc1ccccc1)Cc1ccccc1. The molecular formula is C45H53BrFN3O5. The number of hydrogen-bond acceptors (Lipinski definition) is 6. The Kier molecular flexibility index (Phi) is 15.5. The number of allylic oxidation sites excluding steroid dienone is 1. The minimum atomic E-state index is -1.41. The molecule has 0 spiro atoms. The highest BCUT2D eigenvalue weighted by atomic mass is 79.9. The quantitative estimate of drug-likeness (QED) is 0.0654. The Morgan fingerprint density at radius 1 is 0.891 bits per heavy atom. The van der Waals surface area contributed by atoms with Gasteiger partial charge in [-0.05, 0) is 74.4 Å². The van der Waals surface area contributed by atoms with Crippen molar-refractivity contribution in [2.45, 2.75) is 83.5 Å². The second-order valence-corrected chi connectivity index (χ2v) is 15.7. The Morgan fingerprint density at radius 2 is 1.49 bits per heavy atom. The van der Waals surface area contributed by atoms with Crippen molar-refractivity contribution >= 4 is 27.9 Å². The number of benzene rings is 4. The fourth-order valence-electron chi connectivity index (χ4n) is 6.81. The maximum atomic E-state index is 15.3. The van der Waals surface area contributed by atoms with Gasteiger partial charge in [0, 0.05) is 50.2 Å². The summed E-state index contributed by atoms with van der Waals surface area (Å²) in [5, 5.41) is 13.7. The standard InChI is InChI=1S/C45H53BrFN3O5/c1-45(2,3)55-44(53)50-25-24-48(31-34-17-9-6-10-18-34)43(52)41(50)42(51)40(29-37-27-38(47)30-39(28-37)54-26-16-5-4-15-23-46)49(32-35-19-11-7-12-20-35)33-36-21-13-8-14-22-36/h5-14,16-22,27-28,30,40-42,51H,4,15,23-26,29,31-33H2,1-3H3/t40-,41+,42+/m1/s1. The van der Waals surface area contributed by atoms with E-state index in [9.17, 15) is 14.7 Å². The van der Waals surface area contributed by atoms with Crippen LogP contribution in [0, 0.1) is 5.82 Å². The Hall–Kier alpha value is -4.51. The van der Waals surface area contributed by atoms with Crippen LogP contribution in [0.25, 0.3) is 0 Å². The lowest BCUT2D eigenvalue weighted by atomic mass is 9.91. The van der Waals surface area contributed by atoms with Gasteiger partial charge >= 0.3 is 6.09 Å². The molecule has 55 heavy (non-hydrogen) atoms. The predicted molar refractivity (Wildman–Crippen MR) is 218 cm³/mol. The molecule has 4 aromatic carbocycles. The largest absolute Gasteiger partial charge is 0.489 e. The monoisotopic (exact) mass is 813 g/mol. The first kappa shape index (κ1) is 41.6. The lowest BCUT2D eigenvalue weighted by Gasteiger charge is -2.46. The van der Waals surface area contributed by atoms with Crippen molar-refractivity contribution < 1.29 is 28.6 Å². The van der Waals surface area contributed by atoms with Crippen LogP contribution < -0.4 is 4.74 Å². The molecule has 5 rings (SSSR count). The summed E-state index contributed by atoms with van der Waals surface area (Å²) in [6.07, 6.45) is 3.94. The zero-order valence-corrected chi connectivity index (χ0v) is 33.6. The summed E-state index contributed by atoms with van der Waals surface area (Å²) in [7, 11) is 0. The van der Waals surface area contributed by atoms with Gasteiger partial charge in [0.05, 0.1) is 6.10 Å². The number of carbonyl (C=O) groups excluding carboxylic acids is 2. The van der Waals surface area contributed by atoms with Crippen molar-refractivity contribution in [3.05, 3.63) is 149 Å². The molecule has 1 heterocycles. The van der Waals surface area contributed by atoms with E-state index in [4.69, 9.17) is 9.47 Å². The van der Waals surface area contributed by atoms with Gasteiger partial charge in [0.15, 0.2) is 0 Å². The highest BCUT2D eigenvalue weighted by Gasteiger charge is 2.47. The van der Waals surface area contributed by atoms with Crippen LogP contribution in [-0.4, -0.2) is 80.6 Å². The number of piperazine rings is 1. The summed E-state index contributed by atoms with van der Waals surface area (Å²) in [6.45, 7) is 7.19. The van der Waals surface area contributed by atoms with Gasteiger partial charge in [-0.3, -0.25) is 14.6 Å². The molecule has 2 amide bonds. The van der Waals surface area contributed by atoms with Gasteiger partial charge in [0.1, 0.15) is 29.8 Å². The van der Waals surface area contributed by atoms with E-state index >= 15 is 4.39 Å². The Balaban J connectivity index is 1.56. The van der Waals surface area contributed by atoms with Gasteiger partial charge in [-0.1, -0.05) is 119 Å². The first-order chi connectivity index (χ1) is 26.5. The third kappa shape index (κ3) is 12.8. The predicted octanol–water partition coefficient (Wildman–Crippen LogP) is 8.56. The van der Waals surface area contributed by atoms with Crippen molar-refractivity contribution in [3.63, 3.8) is 0 Å². The second-order valence-electron chi connectivity index (χ2n) is 14.9. The highest BCUT2D eigenvalue weighted by molar-refractivity contribution is 9.09. The van der Waals surface area contributed by atoms with Gasteiger partial charge in [-0.2, -0.15) is 0 Å². The summed E-state index contributed by atoms with van der Waals surface area (Å²) in [4.78, 5) is 33.7. The molecule has 1 N–H and O–H groups in total. The van der Waals surface area contributed by atoms with Crippen LogP contribution in [0.4, 0.5) is 9.18 Å². The van der Waals surface area contributed by atoms with Crippen molar-refractivity contribution in [3.8, 4) is 5.75 Å². The van der Waals surface area contributed by atoms with E-state index in [2.05, 4.69) is 20.8 Å². The highest BCUT2D eigenvalue weighted by Crippen LogP contribution is 2.29. The number of nitrogens with zero attached hydrogens (tertiary/aromatic N) is 3. The maximum absolute atomic E-state index is 15.3. The molecule has 10 heteroatoms. The molecule has 0 radical (unpaired) electrons. The van der Waals surface area contributed by atoms with Crippen molar-refractivity contribution in [2.24, 2.45) is 0 Å². The number of halogens is 2. The first-order valence-electron chi connectivity index (χ1n) is 19.0. The van der Waals surface area contributed by atoms with E-state index in [1.807, 2.05) is 103 Å². The molecule has 1 fully saturated rings. The molecule has 0 saturated carbocycles. The number of aliphatic hydroxyl groups excluding tert-OH is 1. The number of carbonyl (C=O) groups is 2. The van der Waals surface area contributed by atoms with Gasteiger partial charge in [-0.25, -0.2) is 9.18 Å². The lowest BCUT2D eigenvalue weighted by Crippen LogP contribution is -2.66. The van der Waals surface area contributed by atoms with E-state index in [1.165, 1.54) is 17.0 Å². The van der Waals surface area contributed by atoms with Crippen molar-refractivity contribution in [1.82, 2.24) is 14.7 Å². The molecule has 3 atom stereocenters. The molecule has 292 valence electrons. The molecule has 0 aromatic heterocycles. The summed E-state index contributed by atoms with van der Waals surface area (Å²) in [5.74, 6) is -0.489. The number of hydrogen-bond donors (Lipinski definition) is 1. The molecule has 1 aliphatic heterocycles. The van der Waals surface area contributed by atoms with Gasteiger partial charge < -0.3 is 19.5 Å². The fraction of sp³-hybridized carbons (Fsp3) is 0.378. The molecule has 1 aliphatic rings. The van der Waals surface area contributed by atoms with E-state index in [-0.39, 0.29) is 32.0 Å². The van der Waals surface area contributed by atoms with Gasteiger partial charge in [-0.15, -0.1) is 0 Å². The van der Waals surface area contributed by atoms with E-state index in [0.29, 0.717) is 30.9 Å². The van der Waals surface area contributed by atoms with Crippen LogP contribution in [0.5, 0.6) is 5.75 Å². The van der Waals surface area contributed by atoms with Crippen LogP contribution in [0.3, 0.4) is 0 Å². The average molecular weight is 815 g/mol. The normalized spacial score (nSPS) is 16.1. The Morgan fingerprint density at radius 3 is 2.07 bits per heavy atom. The molecule has 0 aliphatic carbocycles. The van der Waals surface area contributed by atoms with E-state index in [0.717, 1.165) is 34.9 Å². The summed E-state index contributed by atoms with van der Waals surface area (Å²) in [5.41, 5.74) is 2.68. The van der Waals surface area contributed by atoms with Crippen LogP contribution in [0.2, 0.25) is 0 Å². The zero-order valence-electron chi connectivity index (χ0n) is 32.0. The smallest absolute Gasteiger partial charge is 0.411 e. The summed E-state index contributed by atoms with van der Waals surface area (Å²) in [6, 6.07) is 32.0. The number of ether oxygens (including phenoxy) is 2. The molecule has 4 aromatic rings. The molecular weight excluding hydrogens is 761 g/mol. The van der Waals surface area contributed by atoms with E-state index < -0.39 is 35.7 Å². The van der Waals surface area contributed by atoms with Gasteiger partial charge in [0.2, 0.25) is 5.91 Å². The third-order valence-corrected chi connectivity index (χ3v) is 9.95. The number of alkyl halides is 1. The topological polar surface area (TPSA) is 82.5 Å². The average Bonchev–Trinajstić information content (AvgIpc) is 3.16. The zero-order chi connectivity index (χ0) is 39.2. The first-order valence-corrected chi connectivity index (χ1v) is 20.1. The number of amides is 2. The molecule has 0 bridgehead atoms. The molecule has 8 nitrogen and oxygen atoms in total. The number of rotatable bonds is 17. The summed E-state index contributed by atoms with van der Waals surface area (Å²) >= 11 is 3.44. The molecule has 1 saturated heterocycles.